The van der Waals surface area contributed by atoms with Crippen LogP contribution in [-0.2, 0) is 9.53 Å². The zero-order chi connectivity index (χ0) is 15.4. The van der Waals surface area contributed by atoms with Gasteiger partial charge >= 0.3 is 0 Å². The Balaban J connectivity index is 2.01. The monoisotopic (exact) mass is 292 g/mol. The average molecular weight is 292 g/mol. The quantitative estimate of drug-likeness (QED) is 0.916. The number of aryl methyl sites for hydroxylation is 1. The van der Waals surface area contributed by atoms with Crippen LogP contribution in [0.4, 0.5) is 0 Å². The number of ether oxygens (including phenoxy) is 2. The van der Waals surface area contributed by atoms with Gasteiger partial charge in [-0.1, -0.05) is 12.1 Å². The molecule has 1 aliphatic heterocycles. The summed E-state index contributed by atoms with van der Waals surface area (Å²) in [5, 5.41) is 0. The van der Waals surface area contributed by atoms with Gasteiger partial charge in [0.25, 0.3) is 5.91 Å². The van der Waals surface area contributed by atoms with Gasteiger partial charge in [0.05, 0.1) is 13.2 Å². The number of amides is 1. The molecule has 1 unspecified atom stereocenters. The Labute approximate surface area is 126 Å². The number of carbonyl (C=O) groups is 1. The van der Waals surface area contributed by atoms with Crippen LogP contribution >= 0.6 is 0 Å². The van der Waals surface area contributed by atoms with Gasteiger partial charge < -0.3 is 20.1 Å². The van der Waals surface area contributed by atoms with Gasteiger partial charge in [0.1, 0.15) is 5.75 Å². The molecule has 1 aromatic carbocycles. The minimum absolute atomic E-state index is 0.00831. The highest BCUT2D eigenvalue weighted by Crippen LogP contribution is 2.23. The van der Waals surface area contributed by atoms with E-state index in [2.05, 4.69) is 0 Å². The number of carbonyl (C=O) groups excluding carboxylic acids is 1. The van der Waals surface area contributed by atoms with Crippen LogP contribution in [0.1, 0.15) is 31.0 Å². The molecule has 1 aromatic rings. The van der Waals surface area contributed by atoms with Crippen molar-refractivity contribution in [2.75, 3.05) is 26.3 Å². The van der Waals surface area contributed by atoms with Gasteiger partial charge in [-0.3, -0.25) is 4.79 Å². The first-order valence-corrected chi connectivity index (χ1v) is 7.38. The molecule has 0 aromatic heterocycles. The highest BCUT2D eigenvalue weighted by atomic mass is 16.5. The minimum Gasteiger partial charge on any atom is -0.481 e. The van der Waals surface area contributed by atoms with Gasteiger partial charge in [0.15, 0.2) is 6.10 Å². The predicted octanol–water partition coefficient (Wildman–Crippen LogP) is 1.64. The van der Waals surface area contributed by atoms with E-state index >= 15 is 0 Å². The summed E-state index contributed by atoms with van der Waals surface area (Å²) in [5.41, 5.74) is 7.92. The lowest BCUT2D eigenvalue weighted by atomic mass is 10.1. The maximum absolute atomic E-state index is 12.3. The predicted molar refractivity (Wildman–Crippen MR) is 81.3 cm³/mol. The maximum Gasteiger partial charge on any atom is 0.263 e. The second-order valence-corrected chi connectivity index (χ2v) is 5.51. The first-order chi connectivity index (χ1) is 9.99. The van der Waals surface area contributed by atoms with E-state index in [1.54, 1.807) is 11.8 Å². The van der Waals surface area contributed by atoms with Crippen molar-refractivity contribution in [3.8, 4) is 5.75 Å². The van der Waals surface area contributed by atoms with Crippen LogP contribution in [0.3, 0.4) is 0 Å². The molecule has 1 saturated heterocycles. The second kappa shape index (κ2) is 6.91. The van der Waals surface area contributed by atoms with Gasteiger partial charge in [-0.15, -0.1) is 0 Å². The molecule has 0 radical (unpaired) electrons. The average Bonchev–Trinajstić information content (AvgIpc) is 2.49. The van der Waals surface area contributed by atoms with Gasteiger partial charge in [-0.05, 0) is 38.0 Å². The zero-order valence-corrected chi connectivity index (χ0v) is 13.0. The number of hydrogen-bond acceptors (Lipinski definition) is 4. The summed E-state index contributed by atoms with van der Waals surface area (Å²) in [7, 11) is 0. The summed E-state index contributed by atoms with van der Waals surface area (Å²) in [6.45, 7) is 8.16. The molecule has 5 heteroatoms. The lowest BCUT2D eigenvalue weighted by molar-refractivity contribution is -0.142. The van der Waals surface area contributed by atoms with Crippen molar-refractivity contribution >= 4 is 5.91 Å². The largest absolute Gasteiger partial charge is 0.481 e. The Kier molecular flexibility index (Phi) is 5.20. The van der Waals surface area contributed by atoms with Crippen LogP contribution < -0.4 is 10.5 Å². The number of benzene rings is 1. The zero-order valence-electron chi connectivity index (χ0n) is 13.0. The molecule has 1 heterocycles. The Morgan fingerprint density at radius 1 is 1.33 bits per heavy atom. The molecule has 5 nitrogen and oxygen atoms in total. The first-order valence-electron chi connectivity index (χ1n) is 7.38. The molecule has 21 heavy (non-hydrogen) atoms. The van der Waals surface area contributed by atoms with Gasteiger partial charge in [-0.2, -0.15) is 0 Å². The van der Waals surface area contributed by atoms with Crippen molar-refractivity contribution in [1.29, 1.82) is 0 Å². The molecular formula is C16H24N2O3. The van der Waals surface area contributed by atoms with Gasteiger partial charge in [0.2, 0.25) is 0 Å². The fourth-order valence-corrected chi connectivity index (χ4v) is 2.37. The van der Waals surface area contributed by atoms with E-state index in [4.69, 9.17) is 15.2 Å². The molecule has 0 spiro atoms. The summed E-state index contributed by atoms with van der Waals surface area (Å²) in [5.74, 6) is 0.738. The van der Waals surface area contributed by atoms with E-state index in [1.807, 2.05) is 32.0 Å². The first kappa shape index (κ1) is 15.8. The summed E-state index contributed by atoms with van der Waals surface area (Å²) in [4.78, 5) is 14.1. The lowest BCUT2D eigenvalue weighted by Crippen LogP contribution is -2.46. The summed E-state index contributed by atoms with van der Waals surface area (Å²) in [6, 6.07) is 5.83. The number of nitrogens with two attached hydrogens (primary N) is 1. The lowest BCUT2D eigenvalue weighted by Gasteiger charge is -2.29. The molecule has 0 saturated carbocycles. The fraction of sp³-hybridized carbons (Fsp3) is 0.562. The molecule has 1 fully saturated rings. The molecular weight excluding hydrogens is 268 g/mol. The highest BCUT2D eigenvalue weighted by molar-refractivity contribution is 5.81. The van der Waals surface area contributed by atoms with Crippen LogP contribution in [0.15, 0.2) is 18.2 Å². The molecule has 2 atom stereocenters. The maximum atomic E-state index is 12.3. The summed E-state index contributed by atoms with van der Waals surface area (Å²) >= 11 is 0. The number of nitrogens with zero attached hydrogens (tertiary/aromatic N) is 1. The van der Waals surface area contributed by atoms with E-state index in [-0.39, 0.29) is 11.9 Å². The Hall–Kier alpha value is -1.59. The molecule has 1 aliphatic rings. The molecule has 1 amide bonds. The van der Waals surface area contributed by atoms with Crippen LogP contribution in [-0.4, -0.2) is 43.2 Å². The van der Waals surface area contributed by atoms with E-state index in [0.717, 1.165) is 16.9 Å². The van der Waals surface area contributed by atoms with Crippen molar-refractivity contribution < 1.29 is 14.3 Å². The van der Waals surface area contributed by atoms with Crippen LogP contribution in [0.25, 0.3) is 0 Å². The second-order valence-electron chi connectivity index (χ2n) is 5.51. The third kappa shape index (κ3) is 3.95. The molecule has 0 aliphatic carbocycles. The van der Waals surface area contributed by atoms with Crippen molar-refractivity contribution in [3.63, 3.8) is 0 Å². The Morgan fingerprint density at radius 3 is 2.57 bits per heavy atom. The van der Waals surface area contributed by atoms with Crippen molar-refractivity contribution in [2.45, 2.75) is 32.9 Å². The van der Waals surface area contributed by atoms with E-state index in [0.29, 0.717) is 26.3 Å². The molecule has 2 N–H and O–H groups in total. The fourth-order valence-electron chi connectivity index (χ4n) is 2.37. The van der Waals surface area contributed by atoms with Gasteiger partial charge in [0, 0.05) is 19.1 Å². The van der Waals surface area contributed by atoms with E-state index in [1.165, 1.54) is 0 Å². The number of rotatable bonds is 4. The van der Waals surface area contributed by atoms with Crippen molar-refractivity contribution in [3.05, 3.63) is 29.3 Å². The normalized spacial score (nSPS) is 18.2. The molecule has 116 valence electrons. The van der Waals surface area contributed by atoms with Crippen molar-refractivity contribution in [1.82, 2.24) is 4.90 Å². The van der Waals surface area contributed by atoms with Crippen molar-refractivity contribution in [2.24, 2.45) is 5.73 Å². The Bertz CT molecular complexity index is 496. The standard InChI is InChI=1S/C16H24N2O3/c1-11-10-14(12(2)17)4-5-15(11)21-13(3)16(19)18-6-8-20-9-7-18/h4-5,10,12-13H,6-9,17H2,1-3H3/t12-,13?/m1/s1. The molecule has 2 rings (SSSR count). The topological polar surface area (TPSA) is 64.8 Å². The van der Waals surface area contributed by atoms with E-state index in [9.17, 15) is 4.79 Å². The third-order valence-corrected chi connectivity index (χ3v) is 3.70. The number of hydrogen-bond donors (Lipinski definition) is 1. The minimum atomic E-state index is -0.497. The molecule has 0 bridgehead atoms. The smallest absolute Gasteiger partial charge is 0.263 e. The summed E-state index contributed by atoms with van der Waals surface area (Å²) in [6.07, 6.45) is -0.497. The Morgan fingerprint density at radius 2 is 2.00 bits per heavy atom. The summed E-state index contributed by atoms with van der Waals surface area (Å²) < 4.78 is 11.1. The van der Waals surface area contributed by atoms with Gasteiger partial charge in [-0.25, -0.2) is 0 Å². The van der Waals surface area contributed by atoms with Crippen LogP contribution in [0.2, 0.25) is 0 Å². The third-order valence-electron chi connectivity index (χ3n) is 3.70. The van der Waals surface area contributed by atoms with Crippen LogP contribution in [0.5, 0.6) is 5.75 Å². The highest BCUT2D eigenvalue weighted by Gasteiger charge is 2.24. The number of morpholine rings is 1. The van der Waals surface area contributed by atoms with Crippen LogP contribution in [0, 0.1) is 6.92 Å². The van der Waals surface area contributed by atoms with E-state index < -0.39 is 6.10 Å². The SMILES string of the molecule is Cc1cc([C@@H](C)N)ccc1OC(C)C(=O)N1CCOCC1.